The first-order chi connectivity index (χ1) is 10.7. The number of nitrogens with zero attached hydrogens (tertiary/aromatic N) is 1. The highest BCUT2D eigenvalue weighted by Gasteiger charge is 2.18. The highest BCUT2D eigenvalue weighted by Crippen LogP contribution is 2.29. The van der Waals surface area contributed by atoms with E-state index in [0.717, 1.165) is 24.0 Å². The summed E-state index contributed by atoms with van der Waals surface area (Å²) in [6.45, 7) is 2.19. The number of likely N-dealkylation sites (N-methyl/N-ethyl adjacent to an activating group) is 1. The second kappa shape index (κ2) is 6.76. The van der Waals surface area contributed by atoms with Crippen LogP contribution in [0.5, 0.6) is 0 Å². The van der Waals surface area contributed by atoms with Gasteiger partial charge in [-0.3, -0.25) is 0 Å². The maximum atomic E-state index is 5.70. The molecule has 1 aliphatic rings. The minimum absolute atomic E-state index is 1.06. The number of nitrogens with one attached hydrogen (secondary N) is 1. The molecule has 0 unspecified atom stereocenters. The number of pyridine rings is 1. The number of aromatic nitrogens is 1. The van der Waals surface area contributed by atoms with Gasteiger partial charge in [-0.25, -0.2) is 0 Å². The van der Waals surface area contributed by atoms with Crippen molar-refractivity contribution in [1.29, 1.82) is 0 Å². The summed E-state index contributed by atoms with van der Waals surface area (Å²) >= 11 is 5.70. The second-order valence-corrected chi connectivity index (χ2v) is 6.94. The zero-order chi connectivity index (χ0) is 15.5. The van der Waals surface area contributed by atoms with Crippen molar-refractivity contribution in [1.82, 2.24) is 4.57 Å². The molecule has 3 rings (SSSR count). The molecule has 1 aliphatic carbocycles. The molecule has 0 saturated carbocycles. The number of benzene rings is 1. The molecule has 0 amide bonds. The summed E-state index contributed by atoms with van der Waals surface area (Å²) in [5.74, 6) is 0. The third-order valence-electron chi connectivity index (χ3n) is 4.53. The van der Waals surface area contributed by atoms with Gasteiger partial charge in [-0.2, -0.15) is 0 Å². The number of quaternary nitrogens is 1. The van der Waals surface area contributed by atoms with Gasteiger partial charge in [0.05, 0.1) is 27.2 Å². The van der Waals surface area contributed by atoms with Crippen LogP contribution in [0.1, 0.15) is 24.1 Å². The van der Waals surface area contributed by atoms with Gasteiger partial charge >= 0.3 is 0 Å². The van der Waals surface area contributed by atoms with Crippen LogP contribution in [0.4, 0.5) is 0 Å². The van der Waals surface area contributed by atoms with E-state index in [2.05, 4.69) is 55.1 Å². The van der Waals surface area contributed by atoms with Gasteiger partial charge < -0.3 is 9.47 Å². The normalized spacial score (nSPS) is 14.1. The van der Waals surface area contributed by atoms with Gasteiger partial charge in [0.1, 0.15) is 0 Å². The Morgan fingerprint density at radius 1 is 1.09 bits per heavy atom. The highest BCUT2D eigenvalue weighted by molar-refractivity contribution is 7.71. The Balaban J connectivity index is 2.15. The van der Waals surface area contributed by atoms with Crippen molar-refractivity contribution in [3.8, 4) is 11.3 Å². The maximum absolute atomic E-state index is 5.70. The van der Waals surface area contributed by atoms with Crippen molar-refractivity contribution in [2.75, 3.05) is 20.6 Å². The van der Waals surface area contributed by atoms with Gasteiger partial charge in [0, 0.05) is 15.9 Å². The average Bonchev–Trinajstić information content (AvgIpc) is 2.54. The van der Waals surface area contributed by atoms with E-state index < -0.39 is 0 Å². The molecule has 1 N–H and O–H groups in total. The van der Waals surface area contributed by atoms with Crippen LogP contribution < -0.4 is 4.90 Å². The molecule has 116 valence electrons. The Morgan fingerprint density at radius 3 is 2.55 bits per heavy atom. The standard InChI is InChI=1S/C19H24N2S/c1-20(2)12-13-21-17-11-7-6-10-16(17)19(22)14-18(21)15-8-4-3-5-9-15/h3-5,8-9,14H,6-7,10-13H2,1-2H3/p+1. The Morgan fingerprint density at radius 2 is 1.82 bits per heavy atom. The molecule has 0 radical (unpaired) electrons. The van der Waals surface area contributed by atoms with Gasteiger partial charge in [0.2, 0.25) is 0 Å². The van der Waals surface area contributed by atoms with Crippen LogP contribution in [0.25, 0.3) is 11.3 Å². The van der Waals surface area contributed by atoms with E-state index in [4.69, 9.17) is 12.2 Å². The molecule has 1 heterocycles. The van der Waals surface area contributed by atoms with Gasteiger partial charge in [0.15, 0.2) is 0 Å². The number of fused-ring (bicyclic) bond motifs is 1. The Hall–Kier alpha value is -1.45. The minimum atomic E-state index is 1.06. The molecule has 0 spiro atoms. The Kier molecular flexibility index (Phi) is 4.74. The van der Waals surface area contributed by atoms with E-state index in [1.54, 1.807) is 0 Å². The molecule has 0 atom stereocenters. The first kappa shape index (κ1) is 15.4. The Labute approximate surface area is 138 Å². The van der Waals surface area contributed by atoms with Crippen molar-refractivity contribution < 1.29 is 4.90 Å². The van der Waals surface area contributed by atoms with Crippen molar-refractivity contribution in [2.24, 2.45) is 0 Å². The average molecular weight is 313 g/mol. The molecule has 2 nitrogen and oxygen atoms in total. The second-order valence-electron chi connectivity index (χ2n) is 6.50. The Bertz CT molecular complexity index is 701. The fourth-order valence-electron chi connectivity index (χ4n) is 3.33. The summed E-state index contributed by atoms with van der Waals surface area (Å²) in [5.41, 5.74) is 5.47. The molecule has 22 heavy (non-hydrogen) atoms. The molecule has 0 bridgehead atoms. The zero-order valence-electron chi connectivity index (χ0n) is 13.6. The zero-order valence-corrected chi connectivity index (χ0v) is 14.4. The maximum Gasteiger partial charge on any atom is 0.0949 e. The number of hydrogen-bond acceptors (Lipinski definition) is 1. The first-order valence-corrected chi connectivity index (χ1v) is 8.67. The van der Waals surface area contributed by atoms with E-state index in [1.165, 1.54) is 46.7 Å². The largest absolute Gasteiger partial charge is 0.339 e. The summed E-state index contributed by atoms with van der Waals surface area (Å²) in [6, 6.07) is 12.9. The predicted octanol–water partition coefficient (Wildman–Crippen LogP) is 2.91. The van der Waals surface area contributed by atoms with E-state index in [9.17, 15) is 0 Å². The summed E-state index contributed by atoms with van der Waals surface area (Å²) < 4.78 is 3.59. The van der Waals surface area contributed by atoms with Crippen LogP contribution in [0.2, 0.25) is 0 Å². The van der Waals surface area contributed by atoms with E-state index in [1.807, 2.05) is 0 Å². The summed E-state index contributed by atoms with van der Waals surface area (Å²) in [5, 5.41) is 0. The smallest absolute Gasteiger partial charge is 0.0949 e. The van der Waals surface area contributed by atoms with Crippen molar-refractivity contribution in [2.45, 2.75) is 32.2 Å². The molecule has 2 aromatic rings. The third-order valence-corrected chi connectivity index (χ3v) is 4.89. The fraction of sp³-hybridized carbons (Fsp3) is 0.421. The van der Waals surface area contributed by atoms with Crippen molar-refractivity contribution in [3.05, 3.63) is 52.2 Å². The lowest BCUT2D eigenvalue weighted by Gasteiger charge is -2.25. The van der Waals surface area contributed by atoms with Crippen LogP contribution in [0.3, 0.4) is 0 Å². The number of hydrogen-bond donors (Lipinski definition) is 1. The van der Waals surface area contributed by atoms with Gasteiger partial charge in [0.25, 0.3) is 0 Å². The predicted molar refractivity (Wildman–Crippen MR) is 95.0 cm³/mol. The minimum Gasteiger partial charge on any atom is -0.339 e. The lowest BCUT2D eigenvalue weighted by Crippen LogP contribution is -3.06. The van der Waals surface area contributed by atoms with E-state index in [-0.39, 0.29) is 0 Å². The lowest BCUT2D eigenvalue weighted by atomic mass is 9.94. The SMILES string of the molecule is C[NH+](C)CCn1c(-c2ccccc2)cc(=S)c2c1CCCC2. The molecular formula is C19H25N2S+. The summed E-state index contributed by atoms with van der Waals surface area (Å²) in [7, 11) is 4.44. The number of rotatable bonds is 4. The quantitative estimate of drug-likeness (QED) is 0.854. The molecule has 0 saturated heterocycles. The molecule has 0 aliphatic heterocycles. The van der Waals surface area contributed by atoms with E-state index >= 15 is 0 Å². The molecule has 3 heteroatoms. The van der Waals surface area contributed by atoms with Gasteiger partial charge in [-0.15, -0.1) is 0 Å². The monoisotopic (exact) mass is 313 g/mol. The molecule has 0 fully saturated rings. The summed E-state index contributed by atoms with van der Waals surface area (Å²) in [6.07, 6.45) is 4.88. The van der Waals surface area contributed by atoms with E-state index in [0.29, 0.717) is 0 Å². The van der Waals surface area contributed by atoms with Gasteiger partial charge in [-0.05, 0) is 42.9 Å². The van der Waals surface area contributed by atoms with Crippen LogP contribution in [0, 0.1) is 4.51 Å². The summed E-state index contributed by atoms with van der Waals surface area (Å²) in [4.78, 5) is 1.48. The first-order valence-electron chi connectivity index (χ1n) is 8.27. The fourth-order valence-corrected chi connectivity index (χ4v) is 3.66. The highest BCUT2D eigenvalue weighted by atomic mass is 32.1. The van der Waals surface area contributed by atoms with Crippen molar-refractivity contribution >= 4 is 12.2 Å². The van der Waals surface area contributed by atoms with Crippen LogP contribution >= 0.6 is 12.2 Å². The topological polar surface area (TPSA) is 9.37 Å². The van der Waals surface area contributed by atoms with Crippen LogP contribution in [-0.4, -0.2) is 25.2 Å². The third kappa shape index (κ3) is 3.16. The lowest BCUT2D eigenvalue weighted by molar-refractivity contribution is -0.858. The van der Waals surface area contributed by atoms with Crippen LogP contribution in [0.15, 0.2) is 36.4 Å². The molecule has 1 aromatic heterocycles. The van der Waals surface area contributed by atoms with Crippen molar-refractivity contribution in [3.63, 3.8) is 0 Å². The molecule has 1 aromatic carbocycles. The van der Waals surface area contributed by atoms with Gasteiger partial charge in [-0.1, -0.05) is 42.5 Å². The van der Waals surface area contributed by atoms with Crippen LogP contribution in [-0.2, 0) is 19.4 Å². The molecular weight excluding hydrogens is 288 g/mol.